The Balaban J connectivity index is 1.91. The number of amides is 1. The van der Waals surface area contributed by atoms with Crippen molar-refractivity contribution >= 4 is 29.1 Å². The summed E-state index contributed by atoms with van der Waals surface area (Å²) in [5.74, 6) is -0.158. The van der Waals surface area contributed by atoms with Crippen LogP contribution in [-0.2, 0) is 4.79 Å². The highest BCUT2D eigenvalue weighted by Crippen LogP contribution is 2.25. The van der Waals surface area contributed by atoms with E-state index in [0.717, 1.165) is 19.3 Å². The summed E-state index contributed by atoms with van der Waals surface area (Å²) in [6.07, 6.45) is 6.08. The van der Waals surface area contributed by atoms with Gasteiger partial charge in [0.25, 0.3) is 0 Å². The fourth-order valence-corrected chi connectivity index (χ4v) is 2.82. The van der Waals surface area contributed by atoms with Gasteiger partial charge in [0.15, 0.2) is 0 Å². The van der Waals surface area contributed by atoms with Gasteiger partial charge in [0.05, 0.1) is 12.5 Å². The maximum atomic E-state index is 11.9. The van der Waals surface area contributed by atoms with Crippen molar-refractivity contribution in [3.63, 3.8) is 0 Å². The van der Waals surface area contributed by atoms with Crippen LogP contribution in [0.25, 0.3) is 0 Å². The molecule has 2 atom stereocenters. The molecule has 1 aliphatic carbocycles. The predicted octanol–water partition coefficient (Wildman–Crippen LogP) is 3.64. The number of benzene rings is 1. The molecule has 0 bridgehead atoms. The van der Waals surface area contributed by atoms with Crippen LogP contribution in [0.3, 0.4) is 0 Å². The van der Waals surface area contributed by atoms with E-state index in [2.05, 4.69) is 17.5 Å². The molecular weight excluding hydrogens is 297 g/mol. The fourth-order valence-electron chi connectivity index (χ4n) is 2.27. The van der Waals surface area contributed by atoms with Crippen LogP contribution in [0, 0.1) is 0 Å². The Labute approximate surface area is 128 Å². The number of aliphatic hydroxyl groups excluding tert-OH is 1. The van der Waals surface area contributed by atoms with Crippen molar-refractivity contribution in [2.45, 2.75) is 37.8 Å². The highest BCUT2D eigenvalue weighted by Gasteiger charge is 2.17. The largest absolute Gasteiger partial charge is 0.388 e. The van der Waals surface area contributed by atoms with Crippen LogP contribution in [0.1, 0.15) is 37.4 Å². The lowest BCUT2D eigenvalue weighted by Crippen LogP contribution is -2.35. The summed E-state index contributed by atoms with van der Waals surface area (Å²) in [7, 11) is 0. The smallest absolute Gasteiger partial charge is 0.223 e. The van der Waals surface area contributed by atoms with E-state index in [1.54, 1.807) is 18.2 Å². The van der Waals surface area contributed by atoms with E-state index in [4.69, 9.17) is 23.2 Å². The molecule has 0 saturated heterocycles. The number of carbonyl (C=O) groups is 1. The zero-order valence-electron chi connectivity index (χ0n) is 11.0. The molecular formula is C15H17Cl2NO2. The van der Waals surface area contributed by atoms with Gasteiger partial charge in [-0.05, 0) is 43.0 Å². The van der Waals surface area contributed by atoms with Crippen LogP contribution < -0.4 is 5.32 Å². The van der Waals surface area contributed by atoms with Gasteiger partial charge < -0.3 is 10.4 Å². The zero-order valence-corrected chi connectivity index (χ0v) is 12.5. The molecule has 5 heteroatoms. The van der Waals surface area contributed by atoms with E-state index < -0.39 is 6.10 Å². The number of hydrogen-bond donors (Lipinski definition) is 2. The quantitative estimate of drug-likeness (QED) is 0.834. The molecule has 0 spiro atoms. The van der Waals surface area contributed by atoms with Crippen LogP contribution >= 0.6 is 23.2 Å². The van der Waals surface area contributed by atoms with Gasteiger partial charge in [0.1, 0.15) is 0 Å². The van der Waals surface area contributed by atoms with Gasteiger partial charge >= 0.3 is 0 Å². The molecule has 3 nitrogen and oxygen atoms in total. The SMILES string of the molecule is O=C(CC(O)c1cc(Cl)cc(Cl)c1)NC1CC=CCC1. The van der Waals surface area contributed by atoms with Crippen LogP contribution in [0.4, 0.5) is 0 Å². The molecule has 1 amide bonds. The Morgan fingerprint density at radius 2 is 2.00 bits per heavy atom. The highest BCUT2D eigenvalue weighted by atomic mass is 35.5. The van der Waals surface area contributed by atoms with E-state index in [9.17, 15) is 9.90 Å². The lowest BCUT2D eigenvalue weighted by molar-refractivity contribution is -0.123. The summed E-state index contributed by atoms with van der Waals surface area (Å²) in [4.78, 5) is 11.9. The third-order valence-corrected chi connectivity index (χ3v) is 3.72. The second-order valence-corrected chi connectivity index (χ2v) is 5.84. The Bertz CT molecular complexity index is 496. The lowest BCUT2D eigenvalue weighted by Gasteiger charge is -2.20. The number of rotatable bonds is 4. The van der Waals surface area contributed by atoms with Crippen molar-refractivity contribution in [1.82, 2.24) is 5.32 Å². The average molecular weight is 314 g/mol. The van der Waals surface area contributed by atoms with Crippen LogP contribution in [0.15, 0.2) is 30.4 Å². The Morgan fingerprint density at radius 1 is 1.30 bits per heavy atom. The molecule has 1 aromatic carbocycles. The van der Waals surface area contributed by atoms with Crippen molar-refractivity contribution < 1.29 is 9.90 Å². The minimum atomic E-state index is -0.898. The number of aliphatic hydroxyl groups is 1. The molecule has 0 radical (unpaired) electrons. The van der Waals surface area contributed by atoms with E-state index in [-0.39, 0.29) is 18.4 Å². The predicted molar refractivity (Wildman–Crippen MR) is 81.0 cm³/mol. The summed E-state index contributed by atoms with van der Waals surface area (Å²) >= 11 is 11.8. The molecule has 0 aliphatic heterocycles. The van der Waals surface area contributed by atoms with Crippen molar-refractivity contribution in [2.24, 2.45) is 0 Å². The molecule has 0 aromatic heterocycles. The molecule has 2 rings (SSSR count). The zero-order chi connectivity index (χ0) is 14.5. The van der Waals surface area contributed by atoms with E-state index >= 15 is 0 Å². The summed E-state index contributed by atoms with van der Waals surface area (Å²) in [5, 5.41) is 13.9. The Hall–Kier alpha value is -1.03. The molecule has 1 aromatic rings. The van der Waals surface area contributed by atoms with Gasteiger partial charge in [0, 0.05) is 16.1 Å². The first-order valence-corrected chi connectivity index (χ1v) is 7.38. The number of allylic oxidation sites excluding steroid dienone is 1. The van der Waals surface area contributed by atoms with Gasteiger partial charge in [-0.15, -0.1) is 0 Å². The average Bonchev–Trinajstić information content (AvgIpc) is 2.38. The van der Waals surface area contributed by atoms with Gasteiger partial charge in [-0.3, -0.25) is 4.79 Å². The second kappa shape index (κ2) is 7.11. The first-order chi connectivity index (χ1) is 9.54. The normalized spacial score (nSPS) is 19.6. The highest BCUT2D eigenvalue weighted by molar-refractivity contribution is 6.34. The summed E-state index contributed by atoms with van der Waals surface area (Å²) in [5.41, 5.74) is 0.557. The van der Waals surface area contributed by atoms with Crippen molar-refractivity contribution in [2.75, 3.05) is 0 Å². The fraction of sp³-hybridized carbons (Fsp3) is 0.400. The van der Waals surface area contributed by atoms with Crippen molar-refractivity contribution in [3.8, 4) is 0 Å². The first kappa shape index (κ1) is 15.4. The number of carbonyl (C=O) groups excluding carboxylic acids is 1. The summed E-state index contributed by atoms with van der Waals surface area (Å²) < 4.78 is 0. The van der Waals surface area contributed by atoms with Gasteiger partial charge in [-0.25, -0.2) is 0 Å². The molecule has 2 N–H and O–H groups in total. The summed E-state index contributed by atoms with van der Waals surface area (Å²) in [6, 6.07) is 5.00. The molecule has 108 valence electrons. The van der Waals surface area contributed by atoms with Crippen molar-refractivity contribution in [3.05, 3.63) is 46.0 Å². The maximum absolute atomic E-state index is 11.9. The van der Waals surface area contributed by atoms with E-state index in [0.29, 0.717) is 15.6 Å². The van der Waals surface area contributed by atoms with Crippen LogP contribution in [0.2, 0.25) is 10.0 Å². The number of nitrogens with one attached hydrogen (secondary N) is 1. The standard InChI is InChI=1S/C15H17Cl2NO2/c16-11-6-10(7-12(17)8-11)14(19)9-15(20)18-13-4-2-1-3-5-13/h1-2,6-8,13-14,19H,3-5,9H2,(H,18,20). The van der Waals surface area contributed by atoms with Crippen LogP contribution in [-0.4, -0.2) is 17.1 Å². The lowest BCUT2D eigenvalue weighted by atomic mass is 10.0. The van der Waals surface area contributed by atoms with Crippen LogP contribution in [0.5, 0.6) is 0 Å². The molecule has 1 aliphatic rings. The molecule has 20 heavy (non-hydrogen) atoms. The number of hydrogen-bond acceptors (Lipinski definition) is 2. The third-order valence-electron chi connectivity index (χ3n) is 3.28. The van der Waals surface area contributed by atoms with Gasteiger partial charge in [-0.2, -0.15) is 0 Å². The monoisotopic (exact) mass is 313 g/mol. The van der Waals surface area contributed by atoms with Crippen molar-refractivity contribution in [1.29, 1.82) is 0 Å². The third kappa shape index (κ3) is 4.51. The van der Waals surface area contributed by atoms with E-state index in [1.165, 1.54) is 0 Å². The maximum Gasteiger partial charge on any atom is 0.223 e. The molecule has 0 heterocycles. The van der Waals surface area contributed by atoms with E-state index in [1.807, 2.05) is 0 Å². The topological polar surface area (TPSA) is 49.3 Å². The molecule has 0 saturated carbocycles. The minimum Gasteiger partial charge on any atom is -0.388 e. The number of halogens is 2. The summed E-state index contributed by atoms with van der Waals surface area (Å²) in [6.45, 7) is 0. The molecule has 2 unspecified atom stereocenters. The van der Waals surface area contributed by atoms with Gasteiger partial charge in [-0.1, -0.05) is 35.4 Å². The first-order valence-electron chi connectivity index (χ1n) is 6.63. The Kier molecular flexibility index (Phi) is 5.46. The second-order valence-electron chi connectivity index (χ2n) is 4.97. The Morgan fingerprint density at radius 3 is 2.60 bits per heavy atom. The minimum absolute atomic E-state index is 0.0108. The molecule has 0 fully saturated rings. The van der Waals surface area contributed by atoms with Gasteiger partial charge in [0.2, 0.25) is 5.91 Å².